The first-order valence-electron chi connectivity index (χ1n) is 11.1. The second-order valence-corrected chi connectivity index (χ2v) is 10.8. The van der Waals surface area contributed by atoms with E-state index in [0.717, 1.165) is 11.0 Å². The molecule has 0 N–H and O–H groups in total. The van der Waals surface area contributed by atoms with Gasteiger partial charge in [-0.25, -0.2) is 4.68 Å². The first-order chi connectivity index (χ1) is 13.6. The van der Waals surface area contributed by atoms with Gasteiger partial charge < -0.3 is 0 Å². The smallest absolute Gasteiger partial charge is 0.117 e. The van der Waals surface area contributed by atoms with Crippen LogP contribution < -0.4 is 0 Å². The van der Waals surface area contributed by atoms with Crippen molar-refractivity contribution in [1.82, 2.24) is 15.0 Å². The standard InChI is InChI=1S/C27H39N3/c1-14-15(2)19(6)25-23(18(14)5)28-29-30(25)24-20(7)16(3)22(17(4)21(24)8)27(12,13)26(9,10)11/h1-13H3. The van der Waals surface area contributed by atoms with E-state index in [-0.39, 0.29) is 10.8 Å². The quantitative estimate of drug-likeness (QED) is 0.451. The minimum atomic E-state index is 0.0554. The summed E-state index contributed by atoms with van der Waals surface area (Å²) in [5, 5.41) is 9.30. The van der Waals surface area contributed by atoms with Gasteiger partial charge in [0.15, 0.2) is 0 Å². The Morgan fingerprint density at radius 2 is 1.03 bits per heavy atom. The zero-order valence-electron chi connectivity index (χ0n) is 21.3. The van der Waals surface area contributed by atoms with Crippen LogP contribution in [-0.4, -0.2) is 15.0 Å². The van der Waals surface area contributed by atoms with Crippen LogP contribution in [0.15, 0.2) is 0 Å². The molecule has 2 aromatic carbocycles. The lowest BCUT2D eigenvalue weighted by Crippen LogP contribution is -2.36. The highest BCUT2D eigenvalue weighted by Crippen LogP contribution is 2.46. The molecular weight excluding hydrogens is 366 g/mol. The molecule has 0 fully saturated rings. The normalized spacial score (nSPS) is 12.8. The molecule has 0 spiro atoms. The molecule has 0 unspecified atom stereocenters. The molecule has 0 radical (unpaired) electrons. The number of benzene rings is 2. The molecule has 3 heteroatoms. The maximum absolute atomic E-state index is 4.68. The summed E-state index contributed by atoms with van der Waals surface area (Å²) < 4.78 is 2.10. The lowest BCUT2D eigenvalue weighted by molar-refractivity contribution is 0.223. The van der Waals surface area contributed by atoms with E-state index in [1.807, 2.05) is 0 Å². The van der Waals surface area contributed by atoms with E-state index >= 15 is 0 Å². The summed E-state index contributed by atoms with van der Waals surface area (Å²) >= 11 is 0. The van der Waals surface area contributed by atoms with Crippen molar-refractivity contribution in [3.63, 3.8) is 0 Å². The number of fused-ring (bicyclic) bond motifs is 1. The van der Waals surface area contributed by atoms with Crippen LogP contribution in [0.2, 0.25) is 0 Å². The highest BCUT2D eigenvalue weighted by Gasteiger charge is 2.38. The lowest BCUT2D eigenvalue weighted by Gasteiger charge is -2.42. The second-order valence-electron chi connectivity index (χ2n) is 10.8. The van der Waals surface area contributed by atoms with Crippen molar-refractivity contribution in [2.24, 2.45) is 5.41 Å². The fraction of sp³-hybridized carbons (Fsp3) is 0.556. The van der Waals surface area contributed by atoms with Gasteiger partial charge in [-0.15, -0.1) is 5.10 Å². The van der Waals surface area contributed by atoms with E-state index in [2.05, 4.69) is 105 Å². The molecule has 3 nitrogen and oxygen atoms in total. The van der Waals surface area contributed by atoms with Gasteiger partial charge in [-0.1, -0.05) is 39.8 Å². The van der Waals surface area contributed by atoms with E-state index < -0.39 is 0 Å². The predicted molar refractivity (Wildman–Crippen MR) is 129 cm³/mol. The van der Waals surface area contributed by atoms with Crippen LogP contribution >= 0.6 is 0 Å². The maximum atomic E-state index is 4.68. The van der Waals surface area contributed by atoms with Crippen molar-refractivity contribution in [3.05, 3.63) is 50.1 Å². The number of rotatable bonds is 2. The Kier molecular flexibility index (Phi) is 5.21. The highest BCUT2D eigenvalue weighted by atomic mass is 15.4. The summed E-state index contributed by atoms with van der Waals surface area (Å²) in [6, 6.07) is 0. The molecule has 30 heavy (non-hydrogen) atoms. The molecule has 162 valence electrons. The molecule has 0 aliphatic rings. The summed E-state index contributed by atoms with van der Waals surface area (Å²) in [6.07, 6.45) is 0. The predicted octanol–water partition coefficient (Wildman–Crippen LogP) is 7.21. The highest BCUT2D eigenvalue weighted by molar-refractivity contribution is 5.86. The van der Waals surface area contributed by atoms with E-state index in [1.165, 1.54) is 55.8 Å². The number of aromatic nitrogens is 3. The minimum Gasteiger partial charge on any atom is -0.212 e. The van der Waals surface area contributed by atoms with Crippen molar-refractivity contribution in [2.45, 2.75) is 95.4 Å². The van der Waals surface area contributed by atoms with Gasteiger partial charge in [0.1, 0.15) is 5.52 Å². The molecule has 0 aliphatic carbocycles. The molecule has 0 saturated heterocycles. The summed E-state index contributed by atoms with van der Waals surface area (Å²) in [4.78, 5) is 0. The topological polar surface area (TPSA) is 30.7 Å². The van der Waals surface area contributed by atoms with Crippen molar-refractivity contribution in [2.75, 3.05) is 0 Å². The van der Waals surface area contributed by atoms with Crippen molar-refractivity contribution in [1.29, 1.82) is 0 Å². The molecule has 0 saturated carbocycles. The van der Waals surface area contributed by atoms with Gasteiger partial charge >= 0.3 is 0 Å². The number of hydrogen-bond acceptors (Lipinski definition) is 2. The summed E-state index contributed by atoms with van der Waals surface area (Å²) in [7, 11) is 0. The molecule has 0 amide bonds. The Morgan fingerprint density at radius 1 is 0.567 bits per heavy atom. The Balaban J connectivity index is 2.44. The van der Waals surface area contributed by atoms with Crippen molar-refractivity contribution < 1.29 is 0 Å². The first kappa shape index (κ1) is 22.5. The number of aryl methyl sites for hydroxylation is 2. The third-order valence-electron chi connectivity index (χ3n) is 8.37. The summed E-state index contributed by atoms with van der Waals surface area (Å²) in [5.74, 6) is 0. The first-order valence-corrected chi connectivity index (χ1v) is 11.1. The average Bonchev–Trinajstić information content (AvgIpc) is 3.07. The van der Waals surface area contributed by atoms with Gasteiger partial charge in [0.2, 0.25) is 0 Å². The molecular formula is C27H39N3. The Hall–Kier alpha value is -2.16. The van der Waals surface area contributed by atoms with Gasteiger partial charge in [-0.05, 0) is 116 Å². The molecule has 1 aromatic heterocycles. The molecule has 0 atom stereocenters. The van der Waals surface area contributed by atoms with Gasteiger partial charge in [-0.2, -0.15) is 0 Å². The van der Waals surface area contributed by atoms with Crippen LogP contribution in [0.5, 0.6) is 0 Å². The van der Waals surface area contributed by atoms with Crippen LogP contribution in [0.25, 0.3) is 16.7 Å². The van der Waals surface area contributed by atoms with E-state index in [9.17, 15) is 0 Å². The zero-order chi connectivity index (χ0) is 22.9. The van der Waals surface area contributed by atoms with Crippen molar-refractivity contribution >= 4 is 11.0 Å². The monoisotopic (exact) mass is 405 g/mol. The van der Waals surface area contributed by atoms with Crippen LogP contribution in [-0.2, 0) is 5.41 Å². The largest absolute Gasteiger partial charge is 0.212 e. The number of hydrogen-bond donors (Lipinski definition) is 0. The zero-order valence-corrected chi connectivity index (χ0v) is 21.3. The molecule has 3 aromatic rings. The van der Waals surface area contributed by atoms with Gasteiger partial charge in [0.05, 0.1) is 11.2 Å². The third-order valence-corrected chi connectivity index (χ3v) is 8.37. The van der Waals surface area contributed by atoms with Crippen LogP contribution in [0.3, 0.4) is 0 Å². The third kappa shape index (κ3) is 2.92. The molecule has 0 aliphatic heterocycles. The fourth-order valence-corrected chi connectivity index (χ4v) is 4.87. The Morgan fingerprint density at radius 3 is 1.50 bits per heavy atom. The van der Waals surface area contributed by atoms with Gasteiger partial charge in [0, 0.05) is 0 Å². The summed E-state index contributed by atoms with van der Waals surface area (Å²) in [6.45, 7) is 29.6. The molecule has 3 rings (SSSR count). The average molecular weight is 406 g/mol. The maximum Gasteiger partial charge on any atom is 0.117 e. The minimum absolute atomic E-state index is 0.0554. The van der Waals surface area contributed by atoms with Gasteiger partial charge in [-0.3, -0.25) is 0 Å². The second kappa shape index (κ2) is 6.93. The van der Waals surface area contributed by atoms with Crippen molar-refractivity contribution in [3.8, 4) is 5.69 Å². The van der Waals surface area contributed by atoms with E-state index in [1.54, 1.807) is 0 Å². The number of nitrogens with zero attached hydrogens (tertiary/aromatic N) is 3. The summed E-state index contributed by atoms with van der Waals surface area (Å²) in [5.41, 5.74) is 15.5. The Labute approximate surface area is 182 Å². The molecule has 1 heterocycles. The SMILES string of the molecule is Cc1c(C)c(C(C)(C)C(C)(C)C)c(C)c(C)c1-n1nnc2c(C)c(C)c(C)c(C)c21. The van der Waals surface area contributed by atoms with Crippen LogP contribution in [0.4, 0.5) is 0 Å². The van der Waals surface area contributed by atoms with Gasteiger partial charge in [0.25, 0.3) is 0 Å². The fourth-order valence-electron chi connectivity index (χ4n) is 4.87. The Bertz CT molecular complexity index is 1140. The lowest BCUT2D eigenvalue weighted by atomic mass is 9.62. The van der Waals surface area contributed by atoms with Crippen LogP contribution in [0.1, 0.15) is 84.7 Å². The van der Waals surface area contributed by atoms with Crippen LogP contribution in [0, 0.1) is 60.8 Å². The molecule has 0 bridgehead atoms. The van der Waals surface area contributed by atoms with E-state index in [0.29, 0.717) is 0 Å². The van der Waals surface area contributed by atoms with E-state index in [4.69, 9.17) is 0 Å².